The van der Waals surface area contributed by atoms with Crippen molar-refractivity contribution in [2.45, 2.75) is 6.10 Å². The molecule has 9 heteroatoms. The zero-order valence-electron chi connectivity index (χ0n) is 15.7. The Morgan fingerprint density at radius 2 is 0.769 bits per heavy atom. The van der Waals surface area contributed by atoms with Crippen LogP contribution in [0.5, 0.6) is 0 Å². The number of ether oxygens (including phenoxy) is 8. The molecule has 0 radical (unpaired) electrons. The van der Waals surface area contributed by atoms with Crippen LogP contribution in [0.25, 0.3) is 0 Å². The van der Waals surface area contributed by atoms with Crippen LogP contribution in [-0.2, 0) is 37.9 Å². The molecule has 2 N–H and O–H groups in total. The Kier molecular flexibility index (Phi) is 17.7. The Morgan fingerprint density at radius 1 is 0.462 bits per heavy atom. The molecule has 0 bridgehead atoms. The van der Waals surface area contributed by atoms with E-state index in [2.05, 4.69) is 0 Å². The standard InChI is InChI=1S/C17H35NO8/c18-15-17-16-25-12-11-23-8-7-21-4-3-19-1-2-20-5-6-22-9-10-24-13-14-26-17/h17H,1-16,18H2. The fourth-order valence-corrected chi connectivity index (χ4v) is 1.99. The molecule has 0 saturated carbocycles. The van der Waals surface area contributed by atoms with E-state index in [0.717, 1.165) is 0 Å². The van der Waals surface area contributed by atoms with Gasteiger partial charge in [-0.15, -0.1) is 0 Å². The van der Waals surface area contributed by atoms with Gasteiger partial charge < -0.3 is 43.6 Å². The maximum absolute atomic E-state index is 5.67. The molecule has 26 heavy (non-hydrogen) atoms. The van der Waals surface area contributed by atoms with Crippen LogP contribution >= 0.6 is 0 Å². The summed E-state index contributed by atoms with van der Waals surface area (Å²) in [5, 5.41) is 0. The molecular weight excluding hydrogens is 346 g/mol. The molecule has 0 spiro atoms. The molecule has 1 atom stereocenters. The van der Waals surface area contributed by atoms with E-state index in [4.69, 9.17) is 43.6 Å². The van der Waals surface area contributed by atoms with Gasteiger partial charge in [-0.25, -0.2) is 0 Å². The third-order valence-corrected chi connectivity index (χ3v) is 3.38. The van der Waals surface area contributed by atoms with Gasteiger partial charge in [0.2, 0.25) is 0 Å². The molecule has 0 aromatic heterocycles. The van der Waals surface area contributed by atoms with Gasteiger partial charge in [-0.2, -0.15) is 0 Å². The van der Waals surface area contributed by atoms with Crippen LogP contribution in [0.3, 0.4) is 0 Å². The zero-order chi connectivity index (χ0) is 18.5. The Bertz CT molecular complexity index is 261. The van der Waals surface area contributed by atoms with Crippen molar-refractivity contribution in [1.29, 1.82) is 0 Å². The second-order valence-corrected chi connectivity index (χ2v) is 5.48. The van der Waals surface area contributed by atoms with E-state index in [0.29, 0.717) is 106 Å². The highest BCUT2D eigenvalue weighted by molar-refractivity contribution is 4.57. The summed E-state index contributed by atoms with van der Waals surface area (Å²) in [7, 11) is 0. The Balaban J connectivity index is 2.12. The molecule has 9 nitrogen and oxygen atoms in total. The lowest BCUT2D eigenvalue weighted by molar-refractivity contribution is -0.0551. The molecule has 1 heterocycles. The molecule has 1 rings (SSSR count). The minimum absolute atomic E-state index is 0.138. The number of hydrogen-bond donors (Lipinski definition) is 1. The SMILES string of the molecule is NCC1COCCOCCOCCOCCOCCOCCOCCO1. The van der Waals surface area contributed by atoms with E-state index in [1.165, 1.54) is 0 Å². The van der Waals surface area contributed by atoms with Crippen molar-refractivity contribution >= 4 is 0 Å². The maximum Gasteiger partial charge on any atom is 0.0931 e. The largest absolute Gasteiger partial charge is 0.377 e. The maximum atomic E-state index is 5.67. The summed E-state index contributed by atoms with van der Waals surface area (Å²) in [6, 6.07) is 0. The minimum atomic E-state index is -0.138. The summed E-state index contributed by atoms with van der Waals surface area (Å²) in [5.41, 5.74) is 5.67. The van der Waals surface area contributed by atoms with E-state index < -0.39 is 0 Å². The van der Waals surface area contributed by atoms with E-state index in [1.54, 1.807) is 0 Å². The highest BCUT2D eigenvalue weighted by atomic mass is 16.6. The molecule has 0 aromatic carbocycles. The van der Waals surface area contributed by atoms with Gasteiger partial charge in [-0.05, 0) is 0 Å². The Labute approximate surface area is 156 Å². The number of hydrogen-bond acceptors (Lipinski definition) is 9. The van der Waals surface area contributed by atoms with Crippen LogP contribution in [0.4, 0.5) is 0 Å². The first-order chi connectivity index (χ1) is 12.9. The van der Waals surface area contributed by atoms with Gasteiger partial charge in [0.1, 0.15) is 0 Å². The lowest BCUT2D eigenvalue weighted by atomic mass is 10.4. The molecule has 1 aliphatic heterocycles. The van der Waals surface area contributed by atoms with Crippen molar-refractivity contribution in [1.82, 2.24) is 0 Å². The highest BCUT2D eigenvalue weighted by Gasteiger charge is 2.07. The lowest BCUT2D eigenvalue weighted by Crippen LogP contribution is -2.30. The summed E-state index contributed by atoms with van der Waals surface area (Å²) < 4.78 is 43.6. The van der Waals surface area contributed by atoms with Crippen LogP contribution in [-0.4, -0.2) is 112 Å². The molecule has 1 fully saturated rings. The fourth-order valence-electron chi connectivity index (χ4n) is 1.99. The summed E-state index contributed by atoms with van der Waals surface area (Å²) >= 11 is 0. The monoisotopic (exact) mass is 381 g/mol. The molecule has 1 unspecified atom stereocenters. The van der Waals surface area contributed by atoms with Crippen LogP contribution in [0, 0.1) is 0 Å². The van der Waals surface area contributed by atoms with Crippen molar-refractivity contribution in [2.75, 3.05) is 106 Å². The smallest absolute Gasteiger partial charge is 0.0931 e. The van der Waals surface area contributed by atoms with Gasteiger partial charge in [-0.1, -0.05) is 0 Å². The van der Waals surface area contributed by atoms with Crippen LogP contribution in [0.15, 0.2) is 0 Å². The van der Waals surface area contributed by atoms with E-state index in [-0.39, 0.29) is 6.10 Å². The van der Waals surface area contributed by atoms with Gasteiger partial charge in [-0.3, -0.25) is 0 Å². The van der Waals surface area contributed by atoms with E-state index >= 15 is 0 Å². The molecule has 1 saturated heterocycles. The first-order valence-corrected chi connectivity index (χ1v) is 9.29. The molecule has 0 aromatic rings. The van der Waals surface area contributed by atoms with Crippen molar-refractivity contribution in [3.8, 4) is 0 Å². The second-order valence-electron chi connectivity index (χ2n) is 5.48. The summed E-state index contributed by atoms with van der Waals surface area (Å²) in [6.45, 7) is 8.19. The van der Waals surface area contributed by atoms with E-state index in [1.807, 2.05) is 0 Å². The number of nitrogens with two attached hydrogens (primary N) is 1. The zero-order valence-corrected chi connectivity index (χ0v) is 15.7. The first-order valence-electron chi connectivity index (χ1n) is 9.29. The van der Waals surface area contributed by atoms with Gasteiger partial charge in [0, 0.05) is 6.54 Å². The quantitative estimate of drug-likeness (QED) is 0.642. The van der Waals surface area contributed by atoms with Crippen molar-refractivity contribution < 1.29 is 37.9 Å². The lowest BCUT2D eigenvalue weighted by Gasteiger charge is -2.16. The normalized spacial score (nSPS) is 26.0. The topological polar surface area (TPSA) is 99.9 Å². The van der Waals surface area contributed by atoms with Gasteiger partial charge in [0.05, 0.1) is 105 Å². The van der Waals surface area contributed by atoms with Gasteiger partial charge in [0.15, 0.2) is 0 Å². The Morgan fingerprint density at radius 3 is 1.12 bits per heavy atom. The van der Waals surface area contributed by atoms with Crippen LogP contribution < -0.4 is 5.73 Å². The molecule has 156 valence electrons. The summed E-state index contributed by atoms with van der Waals surface area (Å²) in [6.07, 6.45) is -0.138. The minimum Gasteiger partial charge on any atom is -0.377 e. The summed E-state index contributed by atoms with van der Waals surface area (Å²) in [5.74, 6) is 0. The third-order valence-electron chi connectivity index (χ3n) is 3.38. The Hall–Kier alpha value is -0.360. The van der Waals surface area contributed by atoms with Gasteiger partial charge in [0.25, 0.3) is 0 Å². The van der Waals surface area contributed by atoms with Crippen LogP contribution in [0.2, 0.25) is 0 Å². The highest BCUT2D eigenvalue weighted by Crippen LogP contribution is 1.93. The predicted octanol–water partition coefficient (Wildman–Crippen LogP) is -0.540. The van der Waals surface area contributed by atoms with E-state index in [9.17, 15) is 0 Å². The average Bonchev–Trinajstić information content (AvgIpc) is 2.66. The number of rotatable bonds is 1. The van der Waals surface area contributed by atoms with Crippen molar-refractivity contribution in [3.63, 3.8) is 0 Å². The summed E-state index contributed by atoms with van der Waals surface area (Å²) in [4.78, 5) is 0. The molecule has 0 amide bonds. The molecular formula is C17H35NO8. The molecule has 0 aliphatic carbocycles. The third kappa shape index (κ3) is 15.9. The average molecular weight is 381 g/mol. The first kappa shape index (κ1) is 23.7. The van der Waals surface area contributed by atoms with Crippen LogP contribution in [0.1, 0.15) is 0 Å². The van der Waals surface area contributed by atoms with Gasteiger partial charge >= 0.3 is 0 Å². The van der Waals surface area contributed by atoms with Crippen molar-refractivity contribution in [2.24, 2.45) is 5.73 Å². The van der Waals surface area contributed by atoms with Crippen molar-refractivity contribution in [3.05, 3.63) is 0 Å². The molecule has 1 aliphatic rings. The predicted molar refractivity (Wildman–Crippen MR) is 94.5 cm³/mol. The fraction of sp³-hybridized carbons (Fsp3) is 1.00. The second kappa shape index (κ2) is 19.4.